The zero-order valence-corrected chi connectivity index (χ0v) is 14.1. The van der Waals surface area contributed by atoms with Gasteiger partial charge in [0.1, 0.15) is 0 Å². The summed E-state index contributed by atoms with van der Waals surface area (Å²) in [5.41, 5.74) is -1.08. The predicted molar refractivity (Wildman–Crippen MR) is 86.6 cm³/mol. The molecule has 0 radical (unpaired) electrons. The molecule has 1 fully saturated rings. The van der Waals surface area contributed by atoms with Crippen LogP contribution in [0.5, 0.6) is 11.5 Å². The first-order chi connectivity index (χ1) is 11.4. The molecule has 1 atom stereocenters. The highest BCUT2D eigenvalue weighted by Gasteiger charge is 2.44. The number of amides is 1. The molecule has 7 heteroatoms. The topological polar surface area (TPSA) is 94.1 Å². The second-order valence-electron chi connectivity index (χ2n) is 6.21. The van der Waals surface area contributed by atoms with Crippen molar-refractivity contribution in [3.8, 4) is 11.5 Å². The van der Waals surface area contributed by atoms with Crippen molar-refractivity contribution < 1.29 is 28.9 Å². The molecule has 24 heavy (non-hydrogen) atoms. The normalized spacial score (nSPS) is 20.0. The second kappa shape index (κ2) is 7.53. The predicted octanol–water partition coefficient (Wildman–Crippen LogP) is 1.70. The van der Waals surface area contributed by atoms with Crippen LogP contribution >= 0.6 is 0 Å². The van der Waals surface area contributed by atoms with E-state index in [0.717, 1.165) is 0 Å². The maximum Gasteiger partial charge on any atom is 0.331 e. The molecule has 1 unspecified atom stereocenters. The standard InChI is InChI=1S/C17H23NO6/c1-11(2)9-24-13-5-4-12(8-14(13)22-3)15(19)18-17(16(20)21)6-7-23-10-17/h4-5,8,11H,6-7,9-10H2,1-3H3,(H,18,19)(H,20,21). The number of methoxy groups -OCH3 is 1. The summed E-state index contributed by atoms with van der Waals surface area (Å²) in [6, 6.07) is 4.77. The summed E-state index contributed by atoms with van der Waals surface area (Å²) in [5, 5.41) is 12.0. The Morgan fingerprint density at radius 1 is 1.38 bits per heavy atom. The molecule has 7 nitrogen and oxygen atoms in total. The van der Waals surface area contributed by atoms with Gasteiger partial charge in [-0.2, -0.15) is 0 Å². The van der Waals surface area contributed by atoms with Crippen molar-refractivity contribution in [1.82, 2.24) is 5.32 Å². The number of benzene rings is 1. The minimum absolute atomic E-state index is 0.0409. The lowest BCUT2D eigenvalue weighted by molar-refractivity contribution is -0.144. The first-order valence-electron chi connectivity index (χ1n) is 7.82. The fourth-order valence-corrected chi connectivity index (χ4v) is 2.36. The monoisotopic (exact) mass is 337 g/mol. The van der Waals surface area contributed by atoms with Crippen LogP contribution in [0.2, 0.25) is 0 Å². The summed E-state index contributed by atoms with van der Waals surface area (Å²) in [6.45, 7) is 4.85. The van der Waals surface area contributed by atoms with E-state index in [1.54, 1.807) is 12.1 Å². The molecule has 0 aliphatic carbocycles. The lowest BCUT2D eigenvalue weighted by atomic mass is 9.98. The number of hydrogen-bond acceptors (Lipinski definition) is 5. The third-order valence-corrected chi connectivity index (χ3v) is 3.78. The molecule has 0 aromatic heterocycles. The molecule has 1 heterocycles. The van der Waals surface area contributed by atoms with Crippen LogP contribution < -0.4 is 14.8 Å². The van der Waals surface area contributed by atoms with Crippen molar-refractivity contribution >= 4 is 11.9 Å². The van der Waals surface area contributed by atoms with Gasteiger partial charge in [-0.1, -0.05) is 13.8 Å². The van der Waals surface area contributed by atoms with Crippen molar-refractivity contribution in [1.29, 1.82) is 0 Å². The van der Waals surface area contributed by atoms with Gasteiger partial charge in [-0.05, 0) is 24.1 Å². The summed E-state index contributed by atoms with van der Waals surface area (Å²) in [7, 11) is 1.49. The van der Waals surface area contributed by atoms with Gasteiger partial charge >= 0.3 is 5.97 Å². The van der Waals surface area contributed by atoms with Gasteiger partial charge in [-0.25, -0.2) is 4.79 Å². The van der Waals surface area contributed by atoms with E-state index in [1.165, 1.54) is 13.2 Å². The minimum atomic E-state index is -1.38. The molecule has 1 aromatic rings. The molecule has 0 spiro atoms. The first-order valence-corrected chi connectivity index (χ1v) is 7.82. The van der Waals surface area contributed by atoms with Crippen molar-refractivity contribution in [2.24, 2.45) is 5.92 Å². The van der Waals surface area contributed by atoms with Gasteiger partial charge in [0.15, 0.2) is 17.0 Å². The van der Waals surface area contributed by atoms with E-state index in [-0.39, 0.29) is 13.0 Å². The highest BCUT2D eigenvalue weighted by molar-refractivity contribution is 5.98. The van der Waals surface area contributed by atoms with Crippen molar-refractivity contribution in [2.75, 3.05) is 26.9 Å². The number of carboxylic acid groups (broad SMARTS) is 1. The molecular weight excluding hydrogens is 314 g/mol. The van der Waals surface area contributed by atoms with Crippen molar-refractivity contribution in [3.05, 3.63) is 23.8 Å². The third-order valence-electron chi connectivity index (χ3n) is 3.78. The summed E-state index contributed by atoms with van der Waals surface area (Å²) < 4.78 is 16.0. The molecular formula is C17H23NO6. The Hall–Kier alpha value is -2.28. The Morgan fingerprint density at radius 2 is 2.12 bits per heavy atom. The molecule has 1 saturated heterocycles. The molecule has 0 saturated carbocycles. The maximum absolute atomic E-state index is 12.4. The second-order valence-corrected chi connectivity index (χ2v) is 6.21. The van der Waals surface area contributed by atoms with E-state index in [0.29, 0.717) is 36.2 Å². The van der Waals surface area contributed by atoms with Crippen LogP contribution in [0.4, 0.5) is 0 Å². The van der Waals surface area contributed by atoms with Crippen LogP contribution in [-0.2, 0) is 9.53 Å². The number of ether oxygens (including phenoxy) is 3. The number of nitrogens with one attached hydrogen (secondary N) is 1. The van der Waals surface area contributed by atoms with Gasteiger partial charge in [0.2, 0.25) is 0 Å². The van der Waals surface area contributed by atoms with Gasteiger partial charge in [0.05, 0.1) is 20.3 Å². The number of carboxylic acids is 1. The van der Waals surface area contributed by atoms with E-state index in [2.05, 4.69) is 5.32 Å². The molecule has 2 rings (SSSR count). The molecule has 1 aliphatic rings. The molecule has 2 N–H and O–H groups in total. The van der Waals surface area contributed by atoms with E-state index in [1.807, 2.05) is 13.8 Å². The minimum Gasteiger partial charge on any atom is -0.493 e. The molecule has 1 amide bonds. The van der Waals surface area contributed by atoms with Crippen molar-refractivity contribution in [2.45, 2.75) is 25.8 Å². The van der Waals surface area contributed by atoms with Gasteiger partial charge in [0, 0.05) is 18.6 Å². The lowest BCUT2D eigenvalue weighted by Gasteiger charge is -2.24. The average molecular weight is 337 g/mol. The quantitative estimate of drug-likeness (QED) is 0.786. The van der Waals surface area contributed by atoms with Gasteiger partial charge in [-0.3, -0.25) is 4.79 Å². The number of hydrogen-bond donors (Lipinski definition) is 2. The van der Waals surface area contributed by atoms with E-state index < -0.39 is 17.4 Å². The van der Waals surface area contributed by atoms with Crippen LogP contribution in [0.15, 0.2) is 18.2 Å². The molecule has 0 bridgehead atoms. The maximum atomic E-state index is 12.4. The van der Waals surface area contributed by atoms with Crippen LogP contribution in [0.3, 0.4) is 0 Å². The van der Waals surface area contributed by atoms with Crippen LogP contribution in [0, 0.1) is 5.92 Å². The Morgan fingerprint density at radius 3 is 2.67 bits per heavy atom. The number of carbonyl (C=O) groups is 2. The van der Waals surface area contributed by atoms with Gasteiger partial charge in [0.25, 0.3) is 5.91 Å². The molecule has 1 aliphatic heterocycles. The van der Waals surface area contributed by atoms with Crippen LogP contribution in [-0.4, -0.2) is 49.5 Å². The fourth-order valence-electron chi connectivity index (χ4n) is 2.36. The zero-order valence-electron chi connectivity index (χ0n) is 14.1. The smallest absolute Gasteiger partial charge is 0.331 e. The molecule has 132 valence electrons. The highest BCUT2D eigenvalue weighted by Crippen LogP contribution is 2.29. The van der Waals surface area contributed by atoms with E-state index in [4.69, 9.17) is 14.2 Å². The Kier molecular flexibility index (Phi) is 5.66. The van der Waals surface area contributed by atoms with E-state index in [9.17, 15) is 14.7 Å². The summed E-state index contributed by atoms with van der Waals surface area (Å²) in [4.78, 5) is 23.9. The van der Waals surface area contributed by atoms with Crippen LogP contribution in [0.1, 0.15) is 30.6 Å². The Balaban J connectivity index is 2.16. The fraction of sp³-hybridized carbons (Fsp3) is 0.529. The largest absolute Gasteiger partial charge is 0.493 e. The highest BCUT2D eigenvalue weighted by atomic mass is 16.5. The summed E-state index contributed by atoms with van der Waals surface area (Å²) in [5.74, 6) is -0.264. The van der Waals surface area contributed by atoms with E-state index >= 15 is 0 Å². The SMILES string of the molecule is COc1cc(C(=O)NC2(C(=O)O)CCOC2)ccc1OCC(C)C. The first kappa shape index (κ1) is 18.1. The lowest BCUT2D eigenvalue weighted by Crippen LogP contribution is -2.55. The van der Waals surface area contributed by atoms with Crippen LogP contribution in [0.25, 0.3) is 0 Å². The zero-order chi connectivity index (χ0) is 17.7. The number of carbonyl (C=O) groups excluding carboxylic acids is 1. The number of rotatable bonds is 7. The average Bonchev–Trinajstić information content (AvgIpc) is 3.02. The molecule has 1 aromatic carbocycles. The Bertz CT molecular complexity index is 607. The van der Waals surface area contributed by atoms with Gasteiger partial charge in [-0.15, -0.1) is 0 Å². The number of aliphatic carboxylic acids is 1. The third kappa shape index (κ3) is 3.97. The Labute approximate surface area is 140 Å². The van der Waals surface area contributed by atoms with Gasteiger partial charge < -0.3 is 24.6 Å². The summed E-state index contributed by atoms with van der Waals surface area (Å²) in [6.07, 6.45) is 0.237. The summed E-state index contributed by atoms with van der Waals surface area (Å²) >= 11 is 0. The van der Waals surface area contributed by atoms with Crippen molar-refractivity contribution in [3.63, 3.8) is 0 Å².